The zero-order chi connectivity index (χ0) is 24.3. The number of ether oxygens (including phenoxy) is 1. The molecule has 0 bridgehead atoms. The summed E-state index contributed by atoms with van der Waals surface area (Å²) in [5, 5.41) is 2.88. The van der Waals surface area contributed by atoms with E-state index in [9.17, 15) is 22.0 Å². The molecule has 9 heteroatoms. The molecule has 0 atom stereocenters. The fraction of sp³-hybridized carbons (Fsp3) is 0.240. The number of halogens is 2. The van der Waals surface area contributed by atoms with Gasteiger partial charge in [-0.2, -0.15) is 4.31 Å². The van der Waals surface area contributed by atoms with Crippen LogP contribution in [0.3, 0.4) is 0 Å². The Hall–Kier alpha value is -3.30. The Morgan fingerprint density at radius 2 is 1.74 bits per heavy atom. The van der Waals surface area contributed by atoms with Crippen LogP contribution in [0, 0.1) is 24.5 Å². The van der Waals surface area contributed by atoms with E-state index in [0.29, 0.717) is 23.3 Å². The van der Waals surface area contributed by atoms with Gasteiger partial charge in [0, 0.05) is 19.0 Å². The number of nitrogens with one attached hydrogen (secondary N) is 1. The van der Waals surface area contributed by atoms with Crippen LogP contribution in [0.25, 0.3) is 0 Å². The Morgan fingerprint density at radius 3 is 2.47 bits per heavy atom. The molecule has 0 aromatic heterocycles. The van der Waals surface area contributed by atoms with Gasteiger partial charge in [-0.15, -0.1) is 0 Å². The van der Waals surface area contributed by atoms with E-state index in [2.05, 4.69) is 5.32 Å². The van der Waals surface area contributed by atoms with E-state index in [1.54, 1.807) is 24.3 Å². The number of piperidine rings is 1. The number of para-hydroxylation sites is 2. The molecule has 0 aliphatic carbocycles. The molecule has 1 aliphatic heterocycles. The van der Waals surface area contributed by atoms with Crippen molar-refractivity contribution < 1.29 is 26.7 Å². The van der Waals surface area contributed by atoms with Crippen LogP contribution in [0.4, 0.5) is 14.5 Å². The molecule has 0 spiro atoms. The third-order valence-corrected chi connectivity index (χ3v) is 7.61. The first-order chi connectivity index (χ1) is 16.2. The first-order valence-electron chi connectivity index (χ1n) is 10.8. The van der Waals surface area contributed by atoms with E-state index in [4.69, 9.17) is 4.74 Å². The number of hydrogen-bond donors (Lipinski definition) is 1. The van der Waals surface area contributed by atoms with Crippen molar-refractivity contribution in [3.63, 3.8) is 0 Å². The lowest BCUT2D eigenvalue weighted by molar-refractivity contribution is -0.120. The maximum absolute atomic E-state index is 14.0. The molecule has 1 N–H and O–H groups in total. The minimum Gasteiger partial charge on any atom is -0.455 e. The van der Waals surface area contributed by atoms with Gasteiger partial charge >= 0.3 is 0 Å². The molecular formula is C25H24F2N2O4S. The van der Waals surface area contributed by atoms with Gasteiger partial charge in [-0.25, -0.2) is 17.2 Å². The Morgan fingerprint density at radius 1 is 1.00 bits per heavy atom. The van der Waals surface area contributed by atoms with Crippen LogP contribution in [0.1, 0.15) is 18.4 Å². The first-order valence-corrected chi connectivity index (χ1v) is 12.3. The molecule has 3 aromatic carbocycles. The third-order valence-electron chi connectivity index (χ3n) is 5.70. The number of amides is 1. The summed E-state index contributed by atoms with van der Waals surface area (Å²) in [5.74, 6) is -1.40. The van der Waals surface area contributed by atoms with Crippen molar-refractivity contribution in [2.45, 2.75) is 24.7 Å². The number of aryl methyl sites for hydroxylation is 1. The maximum atomic E-state index is 14.0. The lowest BCUT2D eigenvalue weighted by atomic mass is 9.97. The normalized spacial score (nSPS) is 15.1. The summed E-state index contributed by atoms with van der Waals surface area (Å²) in [4.78, 5) is 12.2. The van der Waals surface area contributed by atoms with Crippen LogP contribution in [0.5, 0.6) is 11.5 Å². The van der Waals surface area contributed by atoms with Crippen LogP contribution >= 0.6 is 0 Å². The molecule has 34 heavy (non-hydrogen) atoms. The van der Waals surface area contributed by atoms with E-state index < -0.39 is 32.5 Å². The number of hydrogen-bond acceptors (Lipinski definition) is 4. The molecule has 1 amide bonds. The summed E-state index contributed by atoms with van der Waals surface area (Å²) in [5.41, 5.74) is 1.55. The standard InChI is InChI=1S/C25H24F2N2O4S/c1-17-5-4-6-20(15-17)33-23-8-3-2-7-22(23)28-25(30)18-11-13-29(14-12-18)34(31,32)24-16-19(26)9-10-21(24)27/h2-10,15-16,18H,11-14H2,1H3,(H,28,30). The SMILES string of the molecule is Cc1cccc(Oc2ccccc2NC(=O)C2CCN(S(=O)(=O)c3cc(F)ccc3F)CC2)c1. The average Bonchev–Trinajstić information content (AvgIpc) is 2.82. The fourth-order valence-corrected chi connectivity index (χ4v) is 5.42. The molecule has 3 aromatic rings. The molecular weight excluding hydrogens is 462 g/mol. The minimum absolute atomic E-state index is 0.0256. The molecule has 0 saturated carbocycles. The number of rotatable bonds is 6. The number of sulfonamides is 1. The van der Waals surface area contributed by atoms with Crippen molar-refractivity contribution in [1.82, 2.24) is 4.31 Å². The topological polar surface area (TPSA) is 75.7 Å². The summed E-state index contributed by atoms with van der Waals surface area (Å²) in [6, 6.07) is 16.9. The number of carbonyl (C=O) groups is 1. The van der Waals surface area contributed by atoms with E-state index >= 15 is 0 Å². The van der Waals surface area contributed by atoms with Crippen molar-refractivity contribution in [2.75, 3.05) is 18.4 Å². The van der Waals surface area contributed by atoms with Gasteiger partial charge in [0.1, 0.15) is 22.3 Å². The minimum atomic E-state index is -4.20. The molecule has 1 aliphatic rings. The van der Waals surface area contributed by atoms with Gasteiger partial charge in [-0.05, 0) is 67.8 Å². The van der Waals surface area contributed by atoms with Crippen molar-refractivity contribution in [3.8, 4) is 11.5 Å². The molecule has 1 fully saturated rings. The van der Waals surface area contributed by atoms with Crippen LogP contribution in [0.2, 0.25) is 0 Å². The Bertz CT molecular complexity index is 1310. The predicted molar refractivity (Wildman–Crippen MR) is 124 cm³/mol. The van der Waals surface area contributed by atoms with Gasteiger partial charge in [-0.1, -0.05) is 24.3 Å². The van der Waals surface area contributed by atoms with Crippen molar-refractivity contribution in [3.05, 3.63) is 83.9 Å². The van der Waals surface area contributed by atoms with Crippen LogP contribution in [-0.2, 0) is 14.8 Å². The summed E-state index contributed by atoms with van der Waals surface area (Å²) in [6.07, 6.45) is 0.506. The summed E-state index contributed by atoms with van der Waals surface area (Å²) >= 11 is 0. The highest BCUT2D eigenvalue weighted by molar-refractivity contribution is 7.89. The smallest absolute Gasteiger partial charge is 0.246 e. The summed E-state index contributed by atoms with van der Waals surface area (Å²) < 4.78 is 60.1. The highest BCUT2D eigenvalue weighted by Gasteiger charge is 2.34. The number of anilines is 1. The molecule has 178 valence electrons. The Kier molecular flexibility index (Phi) is 6.95. The Balaban J connectivity index is 1.41. The molecule has 1 saturated heterocycles. The summed E-state index contributed by atoms with van der Waals surface area (Å²) in [7, 11) is -4.20. The molecule has 4 rings (SSSR count). The number of benzene rings is 3. The van der Waals surface area contributed by atoms with Crippen LogP contribution in [-0.4, -0.2) is 31.7 Å². The lowest BCUT2D eigenvalue weighted by Crippen LogP contribution is -2.41. The quantitative estimate of drug-likeness (QED) is 0.526. The Labute approximate surface area is 197 Å². The molecule has 6 nitrogen and oxygen atoms in total. The molecule has 0 radical (unpaired) electrons. The monoisotopic (exact) mass is 486 g/mol. The van der Waals surface area contributed by atoms with Crippen molar-refractivity contribution >= 4 is 21.6 Å². The lowest BCUT2D eigenvalue weighted by Gasteiger charge is -2.30. The van der Waals surface area contributed by atoms with Gasteiger partial charge in [0.05, 0.1) is 5.69 Å². The molecule has 1 heterocycles. The van der Waals surface area contributed by atoms with Crippen molar-refractivity contribution in [1.29, 1.82) is 0 Å². The highest BCUT2D eigenvalue weighted by Crippen LogP contribution is 2.31. The van der Waals surface area contributed by atoms with Gasteiger partial charge in [-0.3, -0.25) is 4.79 Å². The van der Waals surface area contributed by atoms with E-state index in [1.807, 2.05) is 31.2 Å². The predicted octanol–water partition coefficient (Wildman–Crippen LogP) is 5.10. The second kappa shape index (κ2) is 9.90. The fourth-order valence-electron chi connectivity index (χ4n) is 3.87. The van der Waals surface area contributed by atoms with Crippen LogP contribution < -0.4 is 10.1 Å². The van der Waals surface area contributed by atoms with Gasteiger partial charge < -0.3 is 10.1 Å². The van der Waals surface area contributed by atoms with Gasteiger partial charge in [0.2, 0.25) is 15.9 Å². The van der Waals surface area contributed by atoms with Gasteiger partial charge in [0.15, 0.2) is 5.75 Å². The average molecular weight is 487 g/mol. The first kappa shape index (κ1) is 23.8. The second-order valence-corrected chi connectivity index (χ2v) is 10.1. The van der Waals surface area contributed by atoms with E-state index in [0.717, 1.165) is 22.0 Å². The zero-order valence-corrected chi connectivity index (χ0v) is 19.3. The number of nitrogens with zero attached hydrogens (tertiary/aromatic N) is 1. The second-order valence-electron chi connectivity index (χ2n) is 8.16. The highest BCUT2D eigenvalue weighted by atomic mass is 32.2. The van der Waals surface area contributed by atoms with Gasteiger partial charge in [0.25, 0.3) is 0 Å². The zero-order valence-electron chi connectivity index (χ0n) is 18.5. The van der Waals surface area contributed by atoms with E-state index in [-0.39, 0.29) is 31.8 Å². The largest absolute Gasteiger partial charge is 0.455 e. The summed E-state index contributed by atoms with van der Waals surface area (Å²) in [6.45, 7) is 2.01. The van der Waals surface area contributed by atoms with Crippen LogP contribution in [0.15, 0.2) is 71.6 Å². The maximum Gasteiger partial charge on any atom is 0.246 e. The van der Waals surface area contributed by atoms with E-state index in [1.165, 1.54) is 0 Å². The molecule has 0 unspecified atom stereocenters. The van der Waals surface area contributed by atoms with Crippen molar-refractivity contribution in [2.24, 2.45) is 5.92 Å². The number of carbonyl (C=O) groups excluding carboxylic acids is 1. The third kappa shape index (κ3) is 5.26.